The minimum atomic E-state index is -1.02. The zero-order valence-corrected chi connectivity index (χ0v) is 8.31. The maximum absolute atomic E-state index is 12.7. The number of carboxylic acids is 1. The molecule has 1 aromatic carbocycles. The number of amides is 1. The molecule has 2 atom stereocenters. The molecule has 0 aromatic heterocycles. The fourth-order valence-electron chi connectivity index (χ4n) is 1.87. The van der Waals surface area contributed by atoms with Gasteiger partial charge in [0.15, 0.2) is 0 Å². The average Bonchev–Trinajstić information content (AvgIpc) is 2.61. The van der Waals surface area contributed by atoms with Crippen LogP contribution in [-0.4, -0.2) is 17.0 Å². The molecule has 4 nitrogen and oxygen atoms in total. The molecular formula is C11H10FNO3. The van der Waals surface area contributed by atoms with E-state index in [0.29, 0.717) is 5.56 Å². The van der Waals surface area contributed by atoms with Crippen LogP contribution in [-0.2, 0) is 9.59 Å². The molecule has 0 saturated carbocycles. The predicted molar refractivity (Wildman–Crippen MR) is 53.0 cm³/mol. The highest BCUT2D eigenvalue weighted by molar-refractivity contribution is 5.87. The zero-order valence-electron chi connectivity index (χ0n) is 8.31. The minimum Gasteiger partial charge on any atom is -0.481 e. The van der Waals surface area contributed by atoms with Gasteiger partial charge < -0.3 is 10.4 Å². The van der Waals surface area contributed by atoms with Gasteiger partial charge in [0.2, 0.25) is 5.91 Å². The molecule has 0 spiro atoms. The van der Waals surface area contributed by atoms with Gasteiger partial charge in [0.05, 0.1) is 12.0 Å². The van der Waals surface area contributed by atoms with E-state index in [1.54, 1.807) is 0 Å². The average molecular weight is 223 g/mol. The summed E-state index contributed by atoms with van der Waals surface area (Å²) in [4.78, 5) is 22.1. The van der Waals surface area contributed by atoms with Crippen molar-refractivity contribution in [3.63, 3.8) is 0 Å². The molecule has 84 valence electrons. The van der Waals surface area contributed by atoms with Crippen LogP contribution < -0.4 is 5.32 Å². The summed E-state index contributed by atoms with van der Waals surface area (Å²) in [6.45, 7) is 0. The summed E-state index contributed by atoms with van der Waals surface area (Å²) in [6.07, 6.45) is -0.0304. The number of hydrogen-bond donors (Lipinski definition) is 2. The Bertz CT molecular complexity index is 429. The Morgan fingerprint density at radius 3 is 2.56 bits per heavy atom. The van der Waals surface area contributed by atoms with Gasteiger partial charge in [-0.1, -0.05) is 12.1 Å². The summed E-state index contributed by atoms with van der Waals surface area (Å²) in [5.41, 5.74) is 0.611. The highest BCUT2D eigenvalue weighted by Crippen LogP contribution is 2.30. The van der Waals surface area contributed by atoms with Crippen LogP contribution in [0.4, 0.5) is 4.39 Å². The lowest BCUT2D eigenvalue weighted by atomic mass is 9.94. The number of rotatable bonds is 2. The quantitative estimate of drug-likeness (QED) is 0.788. The highest BCUT2D eigenvalue weighted by Gasteiger charge is 2.38. The Balaban J connectivity index is 2.28. The normalized spacial score (nSPS) is 24.2. The topological polar surface area (TPSA) is 66.4 Å². The van der Waals surface area contributed by atoms with Crippen molar-refractivity contribution in [1.29, 1.82) is 0 Å². The van der Waals surface area contributed by atoms with E-state index < -0.39 is 17.9 Å². The maximum Gasteiger partial charge on any atom is 0.309 e. The van der Waals surface area contributed by atoms with Gasteiger partial charge >= 0.3 is 5.97 Å². The molecule has 0 radical (unpaired) electrons. The molecule has 5 heteroatoms. The number of benzene rings is 1. The molecule has 1 aliphatic heterocycles. The van der Waals surface area contributed by atoms with Gasteiger partial charge in [0.1, 0.15) is 5.82 Å². The van der Waals surface area contributed by atoms with E-state index in [-0.39, 0.29) is 18.1 Å². The fourth-order valence-corrected chi connectivity index (χ4v) is 1.87. The number of halogens is 1. The van der Waals surface area contributed by atoms with E-state index in [1.807, 2.05) is 0 Å². The first-order chi connectivity index (χ1) is 7.58. The van der Waals surface area contributed by atoms with Gasteiger partial charge in [0.25, 0.3) is 0 Å². The molecule has 1 amide bonds. The van der Waals surface area contributed by atoms with E-state index in [1.165, 1.54) is 24.3 Å². The summed E-state index contributed by atoms with van der Waals surface area (Å²) in [6, 6.07) is 4.91. The first-order valence-corrected chi connectivity index (χ1v) is 4.85. The van der Waals surface area contributed by atoms with Crippen LogP contribution in [0, 0.1) is 11.7 Å². The van der Waals surface area contributed by atoms with Gasteiger partial charge in [-0.2, -0.15) is 0 Å². The van der Waals surface area contributed by atoms with Crippen molar-refractivity contribution >= 4 is 11.9 Å². The summed E-state index contributed by atoms with van der Waals surface area (Å²) < 4.78 is 12.7. The van der Waals surface area contributed by atoms with Crippen molar-refractivity contribution in [2.75, 3.05) is 0 Å². The number of carbonyl (C=O) groups is 2. The minimum absolute atomic E-state index is 0.0304. The van der Waals surface area contributed by atoms with Crippen LogP contribution in [0.1, 0.15) is 18.0 Å². The van der Waals surface area contributed by atoms with Crippen molar-refractivity contribution in [2.45, 2.75) is 12.5 Å². The second-order valence-corrected chi connectivity index (χ2v) is 3.75. The van der Waals surface area contributed by atoms with Crippen LogP contribution in [0.15, 0.2) is 24.3 Å². The van der Waals surface area contributed by atoms with Crippen LogP contribution in [0.2, 0.25) is 0 Å². The molecule has 2 N–H and O–H groups in total. The Hall–Kier alpha value is -1.91. The Kier molecular flexibility index (Phi) is 2.60. The largest absolute Gasteiger partial charge is 0.481 e. The third kappa shape index (κ3) is 1.88. The second-order valence-electron chi connectivity index (χ2n) is 3.75. The van der Waals surface area contributed by atoms with E-state index in [4.69, 9.17) is 5.11 Å². The first-order valence-electron chi connectivity index (χ1n) is 4.85. The summed E-state index contributed by atoms with van der Waals surface area (Å²) >= 11 is 0. The van der Waals surface area contributed by atoms with E-state index in [9.17, 15) is 14.0 Å². The van der Waals surface area contributed by atoms with Crippen LogP contribution in [0.3, 0.4) is 0 Å². The van der Waals surface area contributed by atoms with Crippen LogP contribution >= 0.6 is 0 Å². The van der Waals surface area contributed by atoms with Crippen molar-refractivity contribution in [3.05, 3.63) is 35.6 Å². The third-order valence-electron chi connectivity index (χ3n) is 2.67. The van der Waals surface area contributed by atoms with Gasteiger partial charge in [-0.25, -0.2) is 4.39 Å². The molecule has 0 unspecified atom stereocenters. The number of carboxylic acid groups (broad SMARTS) is 1. The Labute approximate surface area is 91.1 Å². The number of aliphatic carboxylic acids is 1. The number of nitrogens with one attached hydrogen (secondary N) is 1. The molecule has 0 aliphatic carbocycles. The van der Waals surface area contributed by atoms with Crippen molar-refractivity contribution in [1.82, 2.24) is 5.32 Å². The monoisotopic (exact) mass is 223 g/mol. The van der Waals surface area contributed by atoms with Gasteiger partial charge in [-0.3, -0.25) is 9.59 Å². The lowest BCUT2D eigenvalue weighted by molar-refractivity contribution is -0.142. The van der Waals surface area contributed by atoms with Gasteiger partial charge in [-0.05, 0) is 17.7 Å². The number of carbonyl (C=O) groups excluding carboxylic acids is 1. The molecule has 1 saturated heterocycles. The molecule has 1 heterocycles. The van der Waals surface area contributed by atoms with Gasteiger partial charge in [0, 0.05) is 6.42 Å². The van der Waals surface area contributed by atoms with Gasteiger partial charge in [-0.15, -0.1) is 0 Å². The van der Waals surface area contributed by atoms with Crippen LogP contribution in [0.5, 0.6) is 0 Å². The van der Waals surface area contributed by atoms with Crippen LogP contribution in [0.25, 0.3) is 0 Å². The van der Waals surface area contributed by atoms with Crippen molar-refractivity contribution in [3.8, 4) is 0 Å². The lowest BCUT2D eigenvalue weighted by Crippen LogP contribution is -2.24. The third-order valence-corrected chi connectivity index (χ3v) is 2.67. The molecule has 1 fully saturated rings. The summed E-state index contributed by atoms with van der Waals surface area (Å²) in [5.74, 6) is -2.48. The first kappa shape index (κ1) is 10.6. The predicted octanol–water partition coefficient (Wildman–Crippen LogP) is 1.09. The highest BCUT2D eigenvalue weighted by atomic mass is 19.1. The number of hydrogen-bond acceptors (Lipinski definition) is 2. The standard InChI is InChI=1S/C11H10FNO3/c12-7-3-1-6(2-4-7)10-8(11(15)16)5-9(14)13-10/h1-4,8,10H,5H2,(H,13,14)(H,15,16)/t8-,10+/m1/s1. The fraction of sp³-hybridized carbons (Fsp3) is 0.273. The SMILES string of the molecule is O=C1C[C@@H](C(=O)O)[C@H](c2ccc(F)cc2)N1. The van der Waals surface area contributed by atoms with E-state index in [0.717, 1.165) is 0 Å². The van der Waals surface area contributed by atoms with E-state index >= 15 is 0 Å². The smallest absolute Gasteiger partial charge is 0.309 e. The summed E-state index contributed by atoms with van der Waals surface area (Å²) in [5, 5.41) is 11.5. The zero-order chi connectivity index (χ0) is 11.7. The molecule has 1 aliphatic rings. The maximum atomic E-state index is 12.7. The molecule has 2 rings (SSSR count). The Morgan fingerprint density at radius 1 is 1.38 bits per heavy atom. The van der Waals surface area contributed by atoms with Crippen molar-refractivity contribution < 1.29 is 19.1 Å². The Morgan fingerprint density at radius 2 is 2.00 bits per heavy atom. The van der Waals surface area contributed by atoms with Crippen molar-refractivity contribution in [2.24, 2.45) is 5.92 Å². The lowest BCUT2D eigenvalue weighted by Gasteiger charge is -2.15. The molecule has 16 heavy (non-hydrogen) atoms. The summed E-state index contributed by atoms with van der Waals surface area (Å²) in [7, 11) is 0. The van der Waals surface area contributed by atoms with E-state index in [2.05, 4.69) is 5.32 Å². The molecular weight excluding hydrogens is 213 g/mol. The molecule has 1 aromatic rings. The molecule has 0 bridgehead atoms. The second kappa shape index (κ2) is 3.92.